The van der Waals surface area contributed by atoms with Gasteiger partial charge in [0, 0.05) is 26.2 Å². The van der Waals surface area contributed by atoms with Crippen molar-refractivity contribution in [1.29, 1.82) is 0 Å². The van der Waals surface area contributed by atoms with Crippen molar-refractivity contribution in [3.8, 4) is 0 Å². The number of hydrogen-bond acceptors (Lipinski definition) is 4. The molecule has 1 heterocycles. The van der Waals surface area contributed by atoms with Crippen molar-refractivity contribution in [2.75, 3.05) is 53.9 Å². The van der Waals surface area contributed by atoms with Gasteiger partial charge < -0.3 is 20.9 Å². The maximum atomic E-state index is 11.3. The van der Waals surface area contributed by atoms with Gasteiger partial charge in [-0.1, -0.05) is 27.7 Å². The summed E-state index contributed by atoms with van der Waals surface area (Å²) in [6.07, 6.45) is 0. The number of nitrogens with zero attached hydrogens (tertiary/aromatic N) is 2. The third-order valence-electron chi connectivity index (χ3n) is 2.18. The second-order valence-electron chi connectivity index (χ2n) is 3.21. The van der Waals surface area contributed by atoms with Crippen LogP contribution in [0.2, 0.25) is 0 Å². The molecule has 0 aromatic rings. The second-order valence-corrected chi connectivity index (χ2v) is 3.21. The molecule has 1 fully saturated rings. The number of carbonyl (C=O) groups is 1. The quantitative estimate of drug-likeness (QED) is 0.765. The molecule has 1 amide bonds. The fourth-order valence-electron chi connectivity index (χ4n) is 1.32. The zero-order chi connectivity index (χ0) is 15.0. The largest absolute Gasteiger partial charge is 0.339 e. The predicted octanol–water partition coefficient (Wildman–Crippen LogP) is 0.607. The van der Waals surface area contributed by atoms with Gasteiger partial charge in [0.25, 0.3) is 0 Å². The van der Waals surface area contributed by atoms with Gasteiger partial charge in [-0.15, -0.1) is 0 Å². The molecular formula is C13H34N4O. The molecule has 1 saturated heterocycles. The summed E-state index contributed by atoms with van der Waals surface area (Å²) in [6.45, 7) is 12.2. The van der Waals surface area contributed by atoms with E-state index in [9.17, 15) is 4.79 Å². The number of rotatable bonds is 2. The van der Waals surface area contributed by atoms with Crippen molar-refractivity contribution in [2.24, 2.45) is 5.73 Å². The zero-order valence-electron chi connectivity index (χ0n) is 13.4. The van der Waals surface area contributed by atoms with Crippen LogP contribution in [0.3, 0.4) is 0 Å². The minimum Gasteiger partial charge on any atom is -0.339 e. The lowest BCUT2D eigenvalue weighted by molar-refractivity contribution is -0.131. The van der Waals surface area contributed by atoms with Gasteiger partial charge in [-0.05, 0) is 21.1 Å². The van der Waals surface area contributed by atoms with Crippen LogP contribution in [-0.4, -0.2) is 69.6 Å². The van der Waals surface area contributed by atoms with E-state index in [0.717, 1.165) is 26.2 Å². The van der Waals surface area contributed by atoms with Gasteiger partial charge in [-0.3, -0.25) is 4.79 Å². The summed E-state index contributed by atoms with van der Waals surface area (Å²) in [5, 5.41) is 2.87. The standard InChI is InChI=1S/C8H17N3O.2C2H6.CH5N/c1-9-7-8(12)11-5-3-10(2)4-6-11;3*1-2/h9H,3-7H2,1-2H3;2*1-2H3;2H2,1H3. The Balaban J connectivity index is -0.000000328. The van der Waals surface area contributed by atoms with Gasteiger partial charge in [0.1, 0.15) is 0 Å². The van der Waals surface area contributed by atoms with Crippen LogP contribution in [0.4, 0.5) is 0 Å². The lowest BCUT2D eigenvalue weighted by Crippen LogP contribution is -2.49. The third kappa shape index (κ3) is 11.8. The average Bonchev–Trinajstić information content (AvgIpc) is 2.46. The van der Waals surface area contributed by atoms with E-state index in [0.29, 0.717) is 6.54 Å². The molecule has 0 spiro atoms. The Morgan fingerprint density at radius 3 is 1.78 bits per heavy atom. The highest BCUT2D eigenvalue weighted by Gasteiger charge is 2.17. The number of hydrogen-bond donors (Lipinski definition) is 2. The van der Waals surface area contributed by atoms with Crippen molar-refractivity contribution in [3.63, 3.8) is 0 Å². The lowest BCUT2D eigenvalue weighted by atomic mass is 10.3. The van der Waals surface area contributed by atoms with E-state index in [1.807, 2.05) is 32.6 Å². The highest BCUT2D eigenvalue weighted by molar-refractivity contribution is 5.78. The zero-order valence-corrected chi connectivity index (χ0v) is 13.4. The fraction of sp³-hybridized carbons (Fsp3) is 0.923. The van der Waals surface area contributed by atoms with Crippen LogP contribution < -0.4 is 11.1 Å². The molecule has 0 unspecified atom stereocenters. The molecule has 5 nitrogen and oxygen atoms in total. The van der Waals surface area contributed by atoms with Gasteiger partial charge in [-0.25, -0.2) is 0 Å². The molecule has 5 heteroatoms. The Hall–Kier alpha value is -0.650. The molecule has 0 atom stereocenters. The van der Waals surface area contributed by atoms with Crippen LogP contribution in [0.1, 0.15) is 27.7 Å². The number of amides is 1. The fourth-order valence-corrected chi connectivity index (χ4v) is 1.32. The first-order valence-corrected chi connectivity index (χ1v) is 6.92. The first-order valence-electron chi connectivity index (χ1n) is 6.92. The summed E-state index contributed by atoms with van der Waals surface area (Å²) < 4.78 is 0. The first kappa shape index (κ1) is 22.5. The molecule has 0 aromatic carbocycles. The maximum Gasteiger partial charge on any atom is 0.236 e. The molecule has 1 aliphatic rings. The number of nitrogens with two attached hydrogens (primary N) is 1. The third-order valence-corrected chi connectivity index (χ3v) is 2.18. The monoisotopic (exact) mass is 262 g/mol. The molecule has 3 N–H and O–H groups in total. The SMILES string of the molecule is CC.CC.CN.CNCC(=O)N1CCN(C)CC1. The molecule has 1 rings (SSSR count). The summed E-state index contributed by atoms with van der Waals surface area (Å²) in [4.78, 5) is 15.5. The number of carbonyl (C=O) groups excluding carboxylic acids is 1. The van der Waals surface area contributed by atoms with Crippen molar-refractivity contribution < 1.29 is 4.79 Å². The Kier molecular flexibility index (Phi) is 23.4. The Morgan fingerprint density at radius 1 is 1.06 bits per heavy atom. The number of likely N-dealkylation sites (N-methyl/N-ethyl adjacent to an activating group) is 2. The average molecular weight is 262 g/mol. The topological polar surface area (TPSA) is 61.6 Å². The molecule has 18 heavy (non-hydrogen) atoms. The Bertz CT molecular complexity index is 157. The summed E-state index contributed by atoms with van der Waals surface area (Å²) in [5.74, 6) is 0.214. The molecule has 1 aliphatic heterocycles. The molecule has 0 saturated carbocycles. The van der Waals surface area contributed by atoms with Crippen molar-refractivity contribution in [3.05, 3.63) is 0 Å². The van der Waals surface area contributed by atoms with Gasteiger partial charge in [0.05, 0.1) is 6.54 Å². The summed E-state index contributed by atoms with van der Waals surface area (Å²) in [5.41, 5.74) is 4.50. The summed E-state index contributed by atoms with van der Waals surface area (Å²) >= 11 is 0. The minimum atomic E-state index is 0.214. The second kappa shape index (κ2) is 18.7. The van der Waals surface area contributed by atoms with Crippen LogP contribution in [0.25, 0.3) is 0 Å². The normalized spacial score (nSPS) is 14.1. The van der Waals surface area contributed by atoms with Crippen LogP contribution in [0, 0.1) is 0 Å². The van der Waals surface area contributed by atoms with E-state index in [1.165, 1.54) is 7.05 Å². The molecule has 0 aromatic heterocycles. The molecule has 0 aliphatic carbocycles. The van der Waals surface area contributed by atoms with Gasteiger partial charge in [0.15, 0.2) is 0 Å². The van der Waals surface area contributed by atoms with Crippen molar-refractivity contribution in [1.82, 2.24) is 15.1 Å². The minimum absolute atomic E-state index is 0.214. The molecule has 0 bridgehead atoms. The molecule has 112 valence electrons. The van der Waals surface area contributed by atoms with E-state index in [-0.39, 0.29) is 5.91 Å². The lowest BCUT2D eigenvalue weighted by Gasteiger charge is -2.32. The number of nitrogens with one attached hydrogen (secondary N) is 1. The summed E-state index contributed by atoms with van der Waals surface area (Å²) in [6, 6.07) is 0. The highest BCUT2D eigenvalue weighted by Crippen LogP contribution is 1.98. The Morgan fingerprint density at radius 2 is 1.44 bits per heavy atom. The summed E-state index contributed by atoms with van der Waals surface area (Å²) in [7, 11) is 5.38. The number of piperazine rings is 1. The smallest absolute Gasteiger partial charge is 0.236 e. The van der Waals surface area contributed by atoms with E-state index in [4.69, 9.17) is 0 Å². The van der Waals surface area contributed by atoms with Gasteiger partial charge in [0.2, 0.25) is 5.91 Å². The van der Waals surface area contributed by atoms with Gasteiger partial charge in [-0.2, -0.15) is 0 Å². The van der Waals surface area contributed by atoms with E-state index in [2.05, 4.69) is 23.0 Å². The highest BCUT2D eigenvalue weighted by atomic mass is 16.2. The maximum absolute atomic E-state index is 11.3. The molecule has 0 radical (unpaired) electrons. The van der Waals surface area contributed by atoms with E-state index in [1.54, 1.807) is 7.05 Å². The van der Waals surface area contributed by atoms with Crippen LogP contribution in [0.15, 0.2) is 0 Å². The van der Waals surface area contributed by atoms with Crippen molar-refractivity contribution in [2.45, 2.75) is 27.7 Å². The van der Waals surface area contributed by atoms with Crippen LogP contribution >= 0.6 is 0 Å². The van der Waals surface area contributed by atoms with Gasteiger partial charge >= 0.3 is 0 Å². The van der Waals surface area contributed by atoms with Crippen molar-refractivity contribution >= 4 is 5.91 Å². The van der Waals surface area contributed by atoms with Crippen LogP contribution in [-0.2, 0) is 4.79 Å². The Labute approximate surface area is 114 Å². The van der Waals surface area contributed by atoms with E-state index >= 15 is 0 Å². The molecular weight excluding hydrogens is 228 g/mol. The first-order chi connectivity index (χ1) is 8.74. The van der Waals surface area contributed by atoms with Crippen LogP contribution in [0.5, 0.6) is 0 Å². The van der Waals surface area contributed by atoms with E-state index < -0.39 is 0 Å². The predicted molar refractivity (Wildman–Crippen MR) is 80.8 cm³/mol.